The Kier molecular flexibility index (Phi) is 5.11. The molecule has 1 aromatic rings. The number of hydrogen-bond acceptors (Lipinski definition) is 2. The van der Waals surface area contributed by atoms with Crippen LogP contribution in [0, 0.1) is 17.6 Å². The molecule has 0 radical (unpaired) electrons. The van der Waals surface area contributed by atoms with E-state index in [0.29, 0.717) is 24.4 Å². The molecular weight excluding hydrogens is 258 g/mol. The third kappa shape index (κ3) is 4.00. The Bertz CT molecular complexity index is 428. The molecule has 1 aromatic carbocycles. The minimum absolute atomic E-state index is 0.467. The van der Waals surface area contributed by atoms with Crippen LogP contribution in [0.15, 0.2) is 18.2 Å². The van der Waals surface area contributed by atoms with Gasteiger partial charge in [0.15, 0.2) is 0 Å². The van der Waals surface area contributed by atoms with E-state index in [2.05, 4.69) is 31.0 Å². The molecule has 0 saturated carbocycles. The first-order valence-corrected chi connectivity index (χ1v) is 7.38. The van der Waals surface area contributed by atoms with Gasteiger partial charge in [0.05, 0.1) is 0 Å². The average Bonchev–Trinajstić information content (AvgIpc) is 2.35. The predicted octanol–water partition coefficient (Wildman–Crippen LogP) is 2.83. The van der Waals surface area contributed by atoms with Crippen molar-refractivity contribution in [1.29, 1.82) is 0 Å². The maximum atomic E-state index is 13.2. The SMILES string of the molecule is CC1CN(CCc2cc(F)cc(F)c2)C(C(C)C)CN1. The topological polar surface area (TPSA) is 15.3 Å². The van der Waals surface area contributed by atoms with E-state index in [-0.39, 0.29) is 0 Å². The Hall–Kier alpha value is -1.00. The summed E-state index contributed by atoms with van der Waals surface area (Å²) in [5.41, 5.74) is 0.733. The number of nitrogens with one attached hydrogen (secondary N) is 1. The van der Waals surface area contributed by atoms with Crippen LogP contribution in [0.25, 0.3) is 0 Å². The lowest BCUT2D eigenvalue weighted by molar-refractivity contribution is 0.104. The Morgan fingerprint density at radius 3 is 2.50 bits per heavy atom. The molecule has 0 aromatic heterocycles. The largest absolute Gasteiger partial charge is 0.311 e. The predicted molar refractivity (Wildman–Crippen MR) is 77.7 cm³/mol. The molecular formula is C16H24F2N2. The van der Waals surface area contributed by atoms with Gasteiger partial charge in [-0.1, -0.05) is 13.8 Å². The van der Waals surface area contributed by atoms with Crippen molar-refractivity contribution in [3.8, 4) is 0 Å². The Labute approximate surface area is 120 Å². The fourth-order valence-electron chi connectivity index (χ4n) is 2.95. The Balaban J connectivity index is 1.99. The number of nitrogens with zero attached hydrogens (tertiary/aromatic N) is 1. The second kappa shape index (κ2) is 6.64. The summed E-state index contributed by atoms with van der Waals surface area (Å²) in [7, 11) is 0. The van der Waals surface area contributed by atoms with E-state index in [4.69, 9.17) is 0 Å². The summed E-state index contributed by atoms with van der Waals surface area (Å²) >= 11 is 0. The maximum Gasteiger partial charge on any atom is 0.126 e. The number of halogens is 2. The molecule has 0 spiro atoms. The van der Waals surface area contributed by atoms with E-state index in [9.17, 15) is 8.78 Å². The first-order chi connectivity index (χ1) is 9.45. The van der Waals surface area contributed by atoms with Gasteiger partial charge in [-0.3, -0.25) is 4.90 Å². The third-order valence-electron chi connectivity index (χ3n) is 4.03. The Morgan fingerprint density at radius 1 is 1.25 bits per heavy atom. The molecule has 2 rings (SSSR count). The third-order valence-corrected chi connectivity index (χ3v) is 4.03. The van der Waals surface area contributed by atoms with Crippen LogP contribution in [0.4, 0.5) is 8.78 Å². The molecule has 2 atom stereocenters. The number of benzene rings is 1. The highest BCUT2D eigenvalue weighted by Gasteiger charge is 2.27. The highest BCUT2D eigenvalue weighted by atomic mass is 19.1. The molecule has 2 unspecified atom stereocenters. The lowest BCUT2D eigenvalue weighted by atomic mass is 9.98. The van der Waals surface area contributed by atoms with Crippen molar-refractivity contribution in [3.05, 3.63) is 35.4 Å². The molecule has 1 aliphatic rings. The second-order valence-corrected chi connectivity index (χ2v) is 6.14. The maximum absolute atomic E-state index is 13.2. The number of piperazine rings is 1. The molecule has 4 heteroatoms. The van der Waals surface area contributed by atoms with Crippen molar-refractivity contribution in [3.63, 3.8) is 0 Å². The fraction of sp³-hybridized carbons (Fsp3) is 0.625. The van der Waals surface area contributed by atoms with Gasteiger partial charge in [0.1, 0.15) is 11.6 Å². The molecule has 1 heterocycles. The van der Waals surface area contributed by atoms with Gasteiger partial charge in [-0.25, -0.2) is 8.78 Å². The molecule has 0 amide bonds. The zero-order valence-electron chi connectivity index (χ0n) is 12.5. The van der Waals surface area contributed by atoms with Gasteiger partial charge in [0, 0.05) is 37.8 Å². The summed E-state index contributed by atoms with van der Waals surface area (Å²) < 4.78 is 26.4. The summed E-state index contributed by atoms with van der Waals surface area (Å²) in [5, 5.41) is 3.50. The minimum Gasteiger partial charge on any atom is -0.311 e. The zero-order chi connectivity index (χ0) is 14.7. The molecule has 1 fully saturated rings. The first-order valence-electron chi connectivity index (χ1n) is 7.38. The monoisotopic (exact) mass is 282 g/mol. The fourth-order valence-corrected chi connectivity index (χ4v) is 2.95. The summed E-state index contributed by atoms with van der Waals surface area (Å²) in [5.74, 6) is -0.414. The second-order valence-electron chi connectivity index (χ2n) is 6.14. The van der Waals surface area contributed by atoms with Crippen molar-refractivity contribution < 1.29 is 8.78 Å². The standard InChI is InChI=1S/C16H24F2N2/c1-11(2)16-9-19-12(3)10-20(16)5-4-13-6-14(17)8-15(18)7-13/h6-8,11-12,16,19H,4-5,9-10H2,1-3H3. The first kappa shape index (κ1) is 15.4. The average molecular weight is 282 g/mol. The number of rotatable bonds is 4. The summed E-state index contributed by atoms with van der Waals surface area (Å²) in [6, 6.07) is 4.74. The normalized spacial score (nSPS) is 24.3. The molecule has 112 valence electrons. The van der Waals surface area contributed by atoms with Gasteiger partial charge in [-0.05, 0) is 37.0 Å². The number of hydrogen-bond donors (Lipinski definition) is 1. The molecule has 1 saturated heterocycles. The lowest BCUT2D eigenvalue weighted by Crippen LogP contribution is -2.57. The zero-order valence-corrected chi connectivity index (χ0v) is 12.5. The van der Waals surface area contributed by atoms with Crippen molar-refractivity contribution >= 4 is 0 Å². The van der Waals surface area contributed by atoms with Gasteiger partial charge in [0.25, 0.3) is 0 Å². The van der Waals surface area contributed by atoms with Crippen molar-refractivity contribution in [2.24, 2.45) is 5.92 Å². The highest BCUT2D eigenvalue weighted by Crippen LogP contribution is 2.16. The van der Waals surface area contributed by atoms with Crippen LogP contribution in [0.1, 0.15) is 26.3 Å². The van der Waals surface area contributed by atoms with Crippen LogP contribution in [-0.4, -0.2) is 36.6 Å². The lowest BCUT2D eigenvalue weighted by Gasteiger charge is -2.41. The van der Waals surface area contributed by atoms with Crippen LogP contribution in [0.5, 0.6) is 0 Å². The molecule has 0 aliphatic carbocycles. The van der Waals surface area contributed by atoms with E-state index < -0.39 is 11.6 Å². The van der Waals surface area contributed by atoms with E-state index in [1.165, 1.54) is 12.1 Å². The van der Waals surface area contributed by atoms with Crippen LogP contribution < -0.4 is 5.32 Å². The highest BCUT2D eigenvalue weighted by molar-refractivity contribution is 5.18. The van der Waals surface area contributed by atoms with Crippen molar-refractivity contribution in [2.75, 3.05) is 19.6 Å². The van der Waals surface area contributed by atoms with E-state index in [0.717, 1.165) is 31.3 Å². The molecule has 2 nitrogen and oxygen atoms in total. The van der Waals surface area contributed by atoms with Gasteiger partial charge in [-0.2, -0.15) is 0 Å². The quantitative estimate of drug-likeness (QED) is 0.913. The van der Waals surface area contributed by atoms with E-state index >= 15 is 0 Å². The van der Waals surface area contributed by atoms with E-state index in [1.807, 2.05) is 0 Å². The van der Waals surface area contributed by atoms with Gasteiger partial charge >= 0.3 is 0 Å². The Morgan fingerprint density at radius 2 is 1.90 bits per heavy atom. The molecule has 0 bridgehead atoms. The summed E-state index contributed by atoms with van der Waals surface area (Å²) in [4.78, 5) is 2.44. The van der Waals surface area contributed by atoms with Gasteiger partial charge < -0.3 is 5.32 Å². The summed E-state index contributed by atoms with van der Waals surface area (Å²) in [6.45, 7) is 9.43. The smallest absolute Gasteiger partial charge is 0.126 e. The van der Waals surface area contributed by atoms with Crippen molar-refractivity contribution in [2.45, 2.75) is 39.3 Å². The van der Waals surface area contributed by atoms with Crippen LogP contribution >= 0.6 is 0 Å². The van der Waals surface area contributed by atoms with Gasteiger partial charge in [-0.15, -0.1) is 0 Å². The van der Waals surface area contributed by atoms with Gasteiger partial charge in [0.2, 0.25) is 0 Å². The van der Waals surface area contributed by atoms with Crippen LogP contribution in [0.3, 0.4) is 0 Å². The van der Waals surface area contributed by atoms with Crippen LogP contribution in [-0.2, 0) is 6.42 Å². The van der Waals surface area contributed by atoms with Crippen molar-refractivity contribution in [1.82, 2.24) is 10.2 Å². The minimum atomic E-state index is -0.492. The summed E-state index contributed by atoms with van der Waals surface area (Å²) in [6.07, 6.45) is 0.685. The van der Waals surface area contributed by atoms with Crippen LogP contribution in [0.2, 0.25) is 0 Å². The molecule has 1 N–H and O–H groups in total. The van der Waals surface area contributed by atoms with E-state index in [1.54, 1.807) is 0 Å². The molecule has 20 heavy (non-hydrogen) atoms. The molecule has 1 aliphatic heterocycles.